The Bertz CT molecular complexity index is 1230. The summed E-state index contributed by atoms with van der Waals surface area (Å²) in [6, 6.07) is 18.1. The fraction of sp³-hybridized carbons (Fsp3) is 0.160. The molecule has 1 aromatic heterocycles. The van der Waals surface area contributed by atoms with E-state index in [0.29, 0.717) is 28.1 Å². The highest BCUT2D eigenvalue weighted by Gasteiger charge is 2.33. The lowest BCUT2D eigenvalue weighted by molar-refractivity contribution is -0.122. The molecule has 0 bridgehead atoms. The molecule has 2 heterocycles. The number of carboxylic acid groups (broad SMARTS) is 1. The van der Waals surface area contributed by atoms with E-state index in [1.807, 2.05) is 50.2 Å². The molecule has 2 aromatic carbocycles. The topological polar surface area (TPSA) is 83.1 Å². The van der Waals surface area contributed by atoms with Crippen molar-refractivity contribution in [2.75, 3.05) is 6.54 Å². The number of hydrogen-bond acceptors (Lipinski definition) is 5. The van der Waals surface area contributed by atoms with Crippen molar-refractivity contribution in [3.8, 4) is 11.3 Å². The molecule has 0 atom stereocenters. The van der Waals surface area contributed by atoms with Crippen LogP contribution in [0.3, 0.4) is 0 Å². The first-order chi connectivity index (χ1) is 15.5. The maximum atomic E-state index is 13.0. The van der Waals surface area contributed by atoms with Crippen LogP contribution in [0.1, 0.15) is 35.0 Å². The normalized spacial score (nSPS) is 16.3. The van der Waals surface area contributed by atoms with E-state index in [-0.39, 0.29) is 11.5 Å². The monoisotopic (exact) mass is 446 g/mol. The van der Waals surface area contributed by atoms with Crippen LogP contribution in [-0.2, 0) is 4.79 Å². The molecule has 1 N–H and O–H groups in total. The minimum atomic E-state index is -0.967. The largest absolute Gasteiger partial charge is 0.478 e. The molecular weight excluding hydrogens is 424 g/mol. The van der Waals surface area contributed by atoms with E-state index in [2.05, 4.69) is 4.99 Å². The molecule has 4 rings (SSSR count). The fourth-order valence-corrected chi connectivity index (χ4v) is 4.41. The second kappa shape index (κ2) is 9.28. The van der Waals surface area contributed by atoms with E-state index in [9.17, 15) is 9.59 Å². The summed E-state index contributed by atoms with van der Waals surface area (Å²) in [5.74, 6) is 0.109. The smallest absolute Gasteiger partial charge is 0.335 e. The van der Waals surface area contributed by atoms with Crippen LogP contribution in [0.5, 0.6) is 0 Å². The van der Waals surface area contributed by atoms with E-state index < -0.39 is 5.97 Å². The van der Waals surface area contributed by atoms with Crippen molar-refractivity contribution in [2.45, 2.75) is 20.3 Å². The molecule has 1 aliphatic heterocycles. The zero-order valence-corrected chi connectivity index (χ0v) is 18.6. The summed E-state index contributed by atoms with van der Waals surface area (Å²) in [5, 5.41) is 9.81. The molecule has 1 saturated heterocycles. The number of rotatable bonds is 6. The molecule has 3 aromatic rings. The van der Waals surface area contributed by atoms with Gasteiger partial charge in [0.25, 0.3) is 5.91 Å². The average Bonchev–Trinajstić information content (AvgIpc) is 3.35. The zero-order valence-electron chi connectivity index (χ0n) is 17.7. The number of para-hydroxylation sites is 1. The van der Waals surface area contributed by atoms with E-state index in [1.165, 1.54) is 11.8 Å². The lowest BCUT2D eigenvalue weighted by Gasteiger charge is -2.13. The summed E-state index contributed by atoms with van der Waals surface area (Å²) in [7, 11) is 0. The van der Waals surface area contributed by atoms with E-state index in [4.69, 9.17) is 9.52 Å². The number of aromatic carboxylic acids is 1. The van der Waals surface area contributed by atoms with Gasteiger partial charge in [0.15, 0.2) is 5.17 Å². The van der Waals surface area contributed by atoms with Gasteiger partial charge in [-0.1, -0.05) is 31.2 Å². The van der Waals surface area contributed by atoms with Crippen LogP contribution >= 0.6 is 11.8 Å². The van der Waals surface area contributed by atoms with Crippen molar-refractivity contribution in [1.82, 2.24) is 4.90 Å². The number of amidine groups is 1. The van der Waals surface area contributed by atoms with Crippen LogP contribution < -0.4 is 0 Å². The van der Waals surface area contributed by atoms with Crippen molar-refractivity contribution < 1.29 is 19.1 Å². The molecular formula is C25H22N2O4S. The number of aliphatic imine (C=N–C) groups is 1. The molecule has 0 radical (unpaired) electrons. The SMILES string of the molecule is CCCN1C(=O)/C(=C/c2ccc(-c3ccc(C(=O)O)cc3C)o2)SC1=Nc1ccccc1. The molecule has 0 aliphatic carbocycles. The van der Waals surface area contributed by atoms with Crippen molar-refractivity contribution in [2.24, 2.45) is 4.99 Å². The summed E-state index contributed by atoms with van der Waals surface area (Å²) in [6.07, 6.45) is 2.55. The van der Waals surface area contributed by atoms with Gasteiger partial charge in [-0.2, -0.15) is 0 Å². The second-order valence-electron chi connectivity index (χ2n) is 7.33. The number of furan rings is 1. The molecule has 7 heteroatoms. The Labute approximate surface area is 190 Å². The molecule has 6 nitrogen and oxygen atoms in total. The van der Waals surface area contributed by atoms with Gasteiger partial charge in [0.2, 0.25) is 0 Å². The lowest BCUT2D eigenvalue weighted by atomic mass is 10.0. The maximum Gasteiger partial charge on any atom is 0.335 e. The van der Waals surface area contributed by atoms with Crippen molar-refractivity contribution in [1.29, 1.82) is 0 Å². The number of benzene rings is 2. The molecule has 0 unspecified atom stereocenters. The number of carboxylic acids is 1. The van der Waals surface area contributed by atoms with E-state index in [0.717, 1.165) is 23.2 Å². The number of aryl methyl sites for hydroxylation is 1. The van der Waals surface area contributed by atoms with Gasteiger partial charge >= 0.3 is 5.97 Å². The van der Waals surface area contributed by atoms with Gasteiger partial charge in [-0.25, -0.2) is 9.79 Å². The predicted octanol–water partition coefficient (Wildman–Crippen LogP) is 5.97. The standard InChI is InChI=1S/C25H22N2O4S/c1-3-13-27-23(28)22(32-25(27)26-18-7-5-4-6-8-18)15-19-10-12-21(31-19)20-11-9-17(24(29)30)14-16(20)2/h4-12,14-15H,3,13H2,1-2H3,(H,29,30)/b22-15-,26-25?. The van der Waals surface area contributed by atoms with Gasteiger partial charge in [-0.05, 0) is 67.1 Å². The minimum absolute atomic E-state index is 0.0912. The molecule has 1 aliphatic rings. The van der Waals surface area contributed by atoms with Crippen LogP contribution in [-0.4, -0.2) is 33.6 Å². The van der Waals surface area contributed by atoms with Gasteiger partial charge in [0.05, 0.1) is 16.2 Å². The van der Waals surface area contributed by atoms with Crippen LogP contribution in [0.4, 0.5) is 5.69 Å². The van der Waals surface area contributed by atoms with Gasteiger partial charge in [0, 0.05) is 18.2 Å². The number of nitrogens with zero attached hydrogens (tertiary/aromatic N) is 2. The third-order valence-electron chi connectivity index (χ3n) is 4.96. The number of hydrogen-bond donors (Lipinski definition) is 1. The van der Waals surface area contributed by atoms with Crippen LogP contribution in [0.2, 0.25) is 0 Å². The van der Waals surface area contributed by atoms with Crippen LogP contribution in [0, 0.1) is 6.92 Å². The Balaban J connectivity index is 1.62. The first kappa shape index (κ1) is 21.6. The highest BCUT2D eigenvalue weighted by atomic mass is 32.2. The zero-order chi connectivity index (χ0) is 22.7. The summed E-state index contributed by atoms with van der Waals surface area (Å²) < 4.78 is 5.96. The Kier molecular flexibility index (Phi) is 6.28. The Hall–Kier alpha value is -3.58. The molecule has 0 saturated carbocycles. The van der Waals surface area contributed by atoms with Gasteiger partial charge in [0.1, 0.15) is 11.5 Å². The average molecular weight is 447 g/mol. The third kappa shape index (κ3) is 4.53. The summed E-state index contributed by atoms with van der Waals surface area (Å²) in [6.45, 7) is 4.46. The van der Waals surface area contributed by atoms with E-state index >= 15 is 0 Å². The lowest BCUT2D eigenvalue weighted by Crippen LogP contribution is -2.29. The van der Waals surface area contributed by atoms with Crippen molar-refractivity contribution in [3.05, 3.63) is 82.5 Å². The fourth-order valence-electron chi connectivity index (χ4n) is 3.40. The van der Waals surface area contributed by atoms with Crippen LogP contribution in [0.15, 0.2) is 75.0 Å². The molecule has 1 amide bonds. The number of thioether (sulfide) groups is 1. The van der Waals surface area contributed by atoms with Gasteiger partial charge in [-0.3, -0.25) is 9.69 Å². The summed E-state index contributed by atoms with van der Waals surface area (Å²) >= 11 is 1.33. The van der Waals surface area contributed by atoms with E-state index in [1.54, 1.807) is 35.2 Å². The van der Waals surface area contributed by atoms with Crippen LogP contribution in [0.25, 0.3) is 17.4 Å². The molecule has 162 valence electrons. The first-order valence-electron chi connectivity index (χ1n) is 10.3. The third-order valence-corrected chi connectivity index (χ3v) is 5.96. The Morgan fingerprint density at radius 2 is 1.94 bits per heavy atom. The summed E-state index contributed by atoms with van der Waals surface area (Å²) in [5.41, 5.74) is 2.64. The number of amides is 1. The number of carbonyl (C=O) groups excluding carboxylic acids is 1. The second-order valence-corrected chi connectivity index (χ2v) is 8.34. The maximum absolute atomic E-state index is 13.0. The van der Waals surface area contributed by atoms with Crippen molar-refractivity contribution >= 4 is 40.6 Å². The predicted molar refractivity (Wildman–Crippen MR) is 127 cm³/mol. The highest BCUT2D eigenvalue weighted by molar-refractivity contribution is 8.18. The quantitative estimate of drug-likeness (QED) is 0.472. The number of carbonyl (C=O) groups is 2. The summed E-state index contributed by atoms with van der Waals surface area (Å²) in [4.78, 5) is 31.1. The minimum Gasteiger partial charge on any atom is -0.478 e. The molecule has 32 heavy (non-hydrogen) atoms. The molecule has 0 spiro atoms. The first-order valence-corrected chi connectivity index (χ1v) is 11.1. The van der Waals surface area contributed by atoms with Gasteiger partial charge < -0.3 is 9.52 Å². The van der Waals surface area contributed by atoms with Gasteiger partial charge in [-0.15, -0.1) is 0 Å². The Morgan fingerprint density at radius 1 is 1.16 bits per heavy atom. The Morgan fingerprint density at radius 3 is 2.62 bits per heavy atom. The highest BCUT2D eigenvalue weighted by Crippen LogP contribution is 2.35. The van der Waals surface area contributed by atoms with Crippen molar-refractivity contribution in [3.63, 3.8) is 0 Å². The molecule has 1 fully saturated rings.